The summed E-state index contributed by atoms with van der Waals surface area (Å²) < 4.78 is 7.42. The maximum atomic E-state index is 2.47. The van der Waals surface area contributed by atoms with Gasteiger partial charge in [0.05, 0.1) is 26.9 Å². The number of thiophene rings is 1. The summed E-state index contributed by atoms with van der Waals surface area (Å²) in [6.07, 6.45) is 2.18. The van der Waals surface area contributed by atoms with Crippen LogP contribution in [0.5, 0.6) is 0 Å². The molecule has 9 aromatic rings. The van der Waals surface area contributed by atoms with Gasteiger partial charge >= 0.3 is 0 Å². The lowest BCUT2D eigenvalue weighted by Gasteiger charge is -2.10. The molecule has 3 aromatic heterocycles. The lowest BCUT2D eigenvalue weighted by atomic mass is 10.0. The van der Waals surface area contributed by atoms with Gasteiger partial charge in [-0.25, -0.2) is 0 Å². The monoisotopic (exact) mass is 544 g/mol. The topological polar surface area (TPSA) is 9.86 Å². The van der Waals surface area contributed by atoms with Gasteiger partial charge in [-0.1, -0.05) is 80.6 Å². The predicted molar refractivity (Wildman–Crippen MR) is 179 cm³/mol. The molecule has 0 aliphatic rings. The number of rotatable bonds is 2. The smallest absolute Gasteiger partial charge is 0.0640 e. The van der Waals surface area contributed by atoms with Crippen LogP contribution < -0.4 is 0 Å². The number of fused-ring (bicyclic) bond motifs is 8. The first-order valence-electron chi connectivity index (χ1n) is 14.3. The van der Waals surface area contributed by atoms with E-state index in [2.05, 4.69) is 143 Å². The first-order valence-corrected chi connectivity index (χ1v) is 15.1. The van der Waals surface area contributed by atoms with Crippen LogP contribution in [0, 0.1) is 0 Å². The van der Waals surface area contributed by atoms with Crippen LogP contribution in [0.15, 0.2) is 134 Å². The van der Waals surface area contributed by atoms with E-state index in [-0.39, 0.29) is 0 Å². The van der Waals surface area contributed by atoms with Gasteiger partial charge < -0.3 is 9.13 Å². The second-order valence-corrected chi connectivity index (χ2v) is 11.3. The van der Waals surface area contributed by atoms with E-state index >= 15 is 0 Å². The Labute approximate surface area is 242 Å². The number of para-hydroxylation sites is 2. The first-order chi connectivity index (χ1) is 20.3. The molecule has 41 heavy (non-hydrogen) atoms. The molecular formula is C38H28N2S. The van der Waals surface area contributed by atoms with Crippen molar-refractivity contribution in [3.63, 3.8) is 0 Å². The molecule has 6 aromatic carbocycles. The fourth-order valence-electron chi connectivity index (χ4n) is 6.33. The van der Waals surface area contributed by atoms with Crippen LogP contribution in [0.1, 0.15) is 13.8 Å². The average molecular weight is 545 g/mol. The van der Waals surface area contributed by atoms with Crippen LogP contribution in [0.25, 0.3) is 75.0 Å². The Kier molecular flexibility index (Phi) is 5.48. The van der Waals surface area contributed by atoms with E-state index in [0.29, 0.717) is 0 Å². The van der Waals surface area contributed by atoms with Crippen LogP contribution in [-0.4, -0.2) is 9.13 Å². The highest BCUT2D eigenvalue weighted by Gasteiger charge is 2.17. The molecule has 3 heterocycles. The number of nitrogens with zero attached hydrogens (tertiary/aromatic N) is 2. The molecule has 9 rings (SSSR count). The van der Waals surface area contributed by atoms with Gasteiger partial charge in [0, 0.05) is 43.5 Å². The summed E-state index contributed by atoms with van der Waals surface area (Å²) in [7, 11) is 0. The molecule has 0 aliphatic carbocycles. The zero-order valence-corrected chi connectivity index (χ0v) is 23.8. The summed E-state index contributed by atoms with van der Waals surface area (Å²) in [6, 6.07) is 46.6. The molecule has 0 unspecified atom stereocenters. The standard InChI is InChI=1S/C36H22N2S.C2H6/c1-2-9-26(10-3-1)37-18-17-23-19-24-22-34-30(20-25(24)21-33(23)37)27-11-4-6-14-31(27)38(34)32-15-8-13-29-28-12-5-7-16-35(28)39-36(29)32;1-2/h1-22H;1-2H3. The van der Waals surface area contributed by atoms with Crippen molar-refractivity contribution in [1.29, 1.82) is 0 Å². The molecule has 0 bridgehead atoms. The van der Waals surface area contributed by atoms with Gasteiger partial charge in [0.1, 0.15) is 0 Å². The molecule has 0 spiro atoms. The summed E-state index contributed by atoms with van der Waals surface area (Å²) in [4.78, 5) is 0. The summed E-state index contributed by atoms with van der Waals surface area (Å²) in [5.74, 6) is 0. The minimum absolute atomic E-state index is 1.18. The van der Waals surface area contributed by atoms with Crippen LogP contribution in [0.4, 0.5) is 0 Å². The fraction of sp³-hybridized carbons (Fsp3) is 0.0526. The Morgan fingerprint density at radius 1 is 0.488 bits per heavy atom. The van der Waals surface area contributed by atoms with Gasteiger partial charge in [-0.15, -0.1) is 11.3 Å². The van der Waals surface area contributed by atoms with Crippen molar-refractivity contribution >= 4 is 75.0 Å². The van der Waals surface area contributed by atoms with Crippen LogP contribution in [0.2, 0.25) is 0 Å². The molecule has 0 radical (unpaired) electrons. The number of hydrogen-bond donors (Lipinski definition) is 0. The average Bonchev–Trinajstić information content (AvgIpc) is 3.72. The summed E-state index contributed by atoms with van der Waals surface area (Å²) in [5.41, 5.74) is 6.14. The molecule has 2 nitrogen and oxygen atoms in total. The Bertz CT molecular complexity index is 2390. The molecule has 0 atom stereocenters. The minimum Gasteiger partial charge on any atom is -0.317 e. The molecule has 0 aliphatic heterocycles. The Morgan fingerprint density at radius 3 is 2.07 bits per heavy atom. The molecule has 0 saturated heterocycles. The lowest BCUT2D eigenvalue weighted by molar-refractivity contribution is 1.13. The zero-order valence-electron chi connectivity index (χ0n) is 23.0. The Hall–Kier alpha value is -4.86. The third-order valence-corrected chi connectivity index (χ3v) is 9.31. The van der Waals surface area contributed by atoms with Crippen molar-refractivity contribution in [3.8, 4) is 11.4 Å². The summed E-state index contributed by atoms with van der Waals surface area (Å²) >= 11 is 1.89. The third-order valence-electron chi connectivity index (χ3n) is 8.10. The molecule has 0 saturated carbocycles. The summed E-state index contributed by atoms with van der Waals surface area (Å²) in [6.45, 7) is 4.00. The molecule has 0 amide bonds. The van der Waals surface area contributed by atoms with Gasteiger partial charge in [0.15, 0.2) is 0 Å². The maximum Gasteiger partial charge on any atom is 0.0640 e. The van der Waals surface area contributed by atoms with Crippen molar-refractivity contribution in [2.75, 3.05) is 0 Å². The largest absolute Gasteiger partial charge is 0.317 e. The molecule has 196 valence electrons. The highest BCUT2D eigenvalue weighted by molar-refractivity contribution is 7.26. The van der Waals surface area contributed by atoms with Gasteiger partial charge in [0.2, 0.25) is 0 Å². The molecule has 0 N–H and O–H groups in total. The Balaban J connectivity index is 0.00000125. The van der Waals surface area contributed by atoms with E-state index in [1.165, 1.54) is 75.0 Å². The first kappa shape index (κ1) is 24.0. The number of hydrogen-bond acceptors (Lipinski definition) is 1. The van der Waals surface area contributed by atoms with Crippen molar-refractivity contribution in [2.45, 2.75) is 13.8 Å². The van der Waals surface area contributed by atoms with E-state index in [1.807, 2.05) is 25.2 Å². The molecular weight excluding hydrogens is 516 g/mol. The highest BCUT2D eigenvalue weighted by Crippen LogP contribution is 2.41. The maximum absolute atomic E-state index is 2.47. The van der Waals surface area contributed by atoms with Crippen molar-refractivity contribution < 1.29 is 0 Å². The minimum atomic E-state index is 1.18. The van der Waals surface area contributed by atoms with Gasteiger partial charge in [-0.2, -0.15) is 0 Å². The van der Waals surface area contributed by atoms with Crippen LogP contribution in [-0.2, 0) is 0 Å². The van der Waals surface area contributed by atoms with Gasteiger partial charge in [-0.05, 0) is 71.4 Å². The molecule has 3 heteroatoms. The van der Waals surface area contributed by atoms with E-state index in [0.717, 1.165) is 0 Å². The third kappa shape index (κ3) is 3.56. The highest BCUT2D eigenvalue weighted by atomic mass is 32.1. The van der Waals surface area contributed by atoms with Gasteiger partial charge in [0.25, 0.3) is 0 Å². The van der Waals surface area contributed by atoms with E-state index < -0.39 is 0 Å². The Morgan fingerprint density at radius 2 is 1.20 bits per heavy atom. The zero-order chi connectivity index (χ0) is 27.5. The number of aromatic nitrogens is 2. The SMILES string of the molecule is CC.c1ccc(-n2ccc3cc4cc5c(cc4cc32)c2ccccc2n5-c2cccc3c2sc2ccccc23)cc1. The van der Waals surface area contributed by atoms with Crippen molar-refractivity contribution in [1.82, 2.24) is 9.13 Å². The quantitative estimate of drug-likeness (QED) is 0.205. The van der Waals surface area contributed by atoms with E-state index in [1.54, 1.807) is 0 Å². The molecule has 0 fully saturated rings. The predicted octanol–water partition coefficient (Wildman–Crippen LogP) is 11.3. The second kappa shape index (κ2) is 9.36. The lowest BCUT2D eigenvalue weighted by Crippen LogP contribution is -1.94. The number of benzene rings is 6. The van der Waals surface area contributed by atoms with E-state index in [9.17, 15) is 0 Å². The van der Waals surface area contributed by atoms with Crippen molar-refractivity contribution in [2.24, 2.45) is 0 Å². The van der Waals surface area contributed by atoms with Crippen molar-refractivity contribution in [3.05, 3.63) is 134 Å². The fourth-order valence-corrected chi connectivity index (χ4v) is 7.54. The second-order valence-electron chi connectivity index (χ2n) is 10.3. The van der Waals surface area contributed by atoms with Crippen LogP contribution >= 0.6 is 11.3 Å². The van der Waals surface area contributed by atoms with Gasteiger partial charge in [-0.3, -0.25) is 0 Å². The van der Waals surface area contributed by atoms with Crippen LogP contribution in [0.3, 0.4) is 0 Å². The normalized spacial score (nSPS) is 11.7. The summed E-state index contributed by atoms with van der Waals surface area (Å²) in [5, 5.41) is 8.99. The van der Waals surface area contributed by atoms with E-state index in [4.69, 9.17) is 0 Å².